The molecule has 5 nitrogen and oxygen atoms in total. The van der Waals surface area contributed by atoms with Crippen LogP contribution in [0.1, 0.15) is 24.0 Å². The van der Waals surface area contributed by atoms with Crippen LogP contribution in [0.3, 0.4) is 0 Å². The van der Waals surface area contributed by atoms with Crippen molar-refractivity contribution < 1.29 is 14.6 Å². The Labute approximate surface area is 205 Å². The first kappa shape index (κ1) is 23.0. The SMILES string of the molecule is Cc1ccc(OC[C@]2(O)CCCN(CC(=O)N3c4ccccc4Sc4ccccc43)C2)cc1C. The van der Waals surface area contributed by atoms with Crippen molar-refractivity contribution in [1.82, 2.24) is 4.90 Å². The van der Waals surface area contributed by atoms with Crippen LogP contribution in [0.2, 0.25) is 0 Å². The van der Waals surface area contributed by atoms with E-state index in [1.165, 1.54) is 11.1 Å². The molecule has 1 atom stereocenters. The molecule has 2 aliphatic rings. The molecule has 6 heteroatoms. The van der Waals surface area contributed by atoms with E-state index < -0.39 is 5.60 Å². The average Bonchev–Trinajstić information content (AvgIpc) is 2.83. The second kappa shape index (κ2) is 9.45. The number of piperidine rings is 1. The molecule has 34 heavy (non-hydrogen) atoms. The van der Waals surface area contributed by atoms with E-state index in [1.807, 2.05) is 59.5 Å². The van der Waals surface area contributed by atoms with Crippen LogP contribution in [-0.4, -0.2) is 47.8 Å². The van der Waals surface area contributed by atoms with Crippen molar-refractivity contribution in [3.8, 4) is 5.75 Å². The summed E-state index contributed by atoms with van der Waals surface area (Å²) in [5.41, 5.74) is 3.24. The lowest BCUT2D eigenvalue weighted by Crippen LogP contribution is -2.53. The zero-order valence-corrected chi connectivity index (χ0v) is 20.5. The smallest absolute Gasteiger partial charge is 0.245 e. The van der Waals surface area contributed by atoms with Gasteiger partial charge in [-0.05, 0) is 80.8 Å². The first-order valence-corrected chi connectivity index (χ1v) is 12.6. The number of amides is 1. The number of carbonyl (C=O) groups is 1. The van der Waals surface area contributed by atoms with Gasteiger partial charge in [0.1, 0.15) is 18.0 Å². The van der Waals surface area contributed by atoms with Crippen LogP contribution in [0.15, 0.2) is 76.5 Å². The summed E-state index contributed by atoms with van der Waals surface area (Å²) < 4.78 is 5.97. The van der Waals surface area contributed by atoms with Gasteiger partial charge < -0.3 is 9.84 Å². The molecule has 5 rings (SSSR count). The Bertz CT molecular complexity index is 1170. The number of fused-ring (bicyclic) bond motifs is 2. The maximum Gasteiger partial charge on any atom is 0.245 e. The Hall–Kier alpha value is -2.80. The number of nitrogens with zero attached hydrogens (tertiary/aromatic N) is 2. The highest BCUT2D eigenvalue weighted by molar-refractivity contribution is 7.99. The molecule has 2 heterocycles. The van der Waals surface area contributed by atoms with Crippen molar-refractivity contribution in [2.75, 3.05) is 31.1 Å². The van der Waals surface area contributed by atoms with E-state index in [0.29, 0.717) is 13.0 Å². The van der Waals surface area contributed by atoms with Crippen molar-refractivity contribution in [3.05, 3.63) is 77.9 Å². The van der Waals surface area contributed by atoms with Crippen LogP contribution in [0.4, 0.5) is 11.4 Å². The predicted molar refractivity (Wildman–Crippen MR) is 136 cm³/mol. The molecule has 0 radical (unpaired) electrons. The number of benzene rings is 3. The van der Waals surface area contributed by atoms with Gasteiger partial charge in [-0.15, -0.1) is 0 Å². The minimum absolute atomic E-state index is 0.0135. The van der Waals surface area contributed by atoms with Gasteiger partial charge in [0.05, 0.1) is 17.9 Å². The summed E-state index contributed by atoms with van der Waals surface area (Å²) in [6, 6.07) is 22.0. The first-order valence-electron chi connectivity index (χ1n) is 11.8. The van der Waals surface area contributed by atoms with Crippen LogP contribution in [0, 0.1) is 13.8 Å². The summed E-state index contributed by atoms with van der Waals surface area (Å²) in [6.45, 7) is 5.78. The van der Waals surface area contributed by atoms with Crippen molar-refractivity contribution in [2.24, 2.45) is 0 Å². The summed E-state index contributed by atoms with van der Waals surface area (Å²) in [5, 5.41) is 11.3. The molecule has 1 N–H and O–H groups in total. The fourth-order valence-corrected chi connectivity index (χ4v) is 5.77. The van der Waals surface area contributed by atoms with E-state index in [9.17, 15) is 9.90 Å². The standard InChI is InChI=1S/C28H30N2O3S/c1-20-12-13-22(16-21(20)2)33-19-28(32)14-7-15-29(18-28)17-27(31)30-23-8-3-5-10-25(23)34-26-11-6-4-9-24(26)30/h3-6,8-13,16,32H,7,14-15,17-19H2,1-2H3/t28-/m0/s1. The number of β-amino-alcohol motifs (C(OH)–C–C–N with tert-alkyl or cyclic N) is 1. The average molecular weight is 475 g/mol. The van der Waals surface area contributed by atoms with Crippen molar-refractivity contribution in [3.63, 3.8) is 0 Å². The second-order valence-corrected chi connectivity index (χ2v) is 10.4. The maximum atomic E-state index is 13.6. The molecule has 3 aromatic rings. The Morgan fingerprint density at radius 3 is 2.35 bits per heavy atom. The predicted octanol–water partition coefficient (Wildman–Crippen LogP) is 5.34. The molecule has 0 aliphatic carbocycles. The number of para-hydroxylation sites is 2. The van der Waals surface area contributed by atoms with Gasteiger partial charge in [0, 0.05) is 16.3 Å². The molecule has 0 aromatic heterocycles. The highest BCUT2D eigenvalue weighted by Gasteiger charge is 2.36. The molecule has 0 bridgehead atoms. The second-order valence-electron chi connectivity index (χ2n) is 9.34. The maximum absolute atomic E-state index is 13.6. The van der Waals surface area contributed by atoms with Gasteiger partial charge in [-0.2, -0.15) is 0 Å². The third-order valence-electron chi connectivity index (χ3n) is 6.66. The number of rotatable bonds is 5. The van der Waals surface area contributed by atoms with Crippen LogP contribution >= 0.6 is 11.8 Å². The molecule has 3 aromatic carbocycles. The molecule has 1 amide bonds. The number of hydrogen-bond donors (Lipinski definition) is 1. The van der Waals surface area contributed by atoms with Crippen LogP contribution in [0.5, 0.6) is 5.75 Å². The Balaban J connectivity index is 1.29. The summed E-state index contributed by atoms with van der Waals surface area (Å²) in [6.07, 6.45) is 1.48. The van der Waals surface area contributed by atoms with Gasteiger partial charge in [0.15, 0.2) is 0 Å². The minimum atomic E-state index is -0.981. The molecule has 1 fully saturated rings. The molecular weight excluding hydrogens is 444 g/mol. The van der Waals surface area contributed by atoms with E-state index in [4.69, 9.17) is 4.74 Å². The summed E-state index contributed by atoms with van der Waals surface area (Å²) in [7, 11) is 0. The van der Waals surface area contributed by atoms with Crippen LogP contribution in [-0.2, 0) is 4.79 Å². The monoisotopic (exact) mass is 474 g/mol. The van der Waals surface area contributed by atoms with E-state index in [-0.39, 0.29) is 19.1 Å². The van der Waals surface area contributed by atoms with Crippen molar-refractivity contribution in [1.29, 1.82) is 0 Å². The summed E-state index contributed by atoms with van der Waals surface area (Å²) >= 11 is 1.69. The van der Waals surface area contributed by atoms with E-state index in [2.05, 4.69) is 30.9 Å². The zero-order chi connectivity index (χ0) is 23.7. The highest BCUT2D eigenvalue weighted by Crippen LogP contribution is 2.47. The zero-order valence-electron chi connectivity index (χ0n) is 19.7. The molecule has 1 saturated heterocycles. The van der Waals surface area contributed by atoms with E-state index in [0.717, 1.165) is 39.9 Å². The van der Waals surface area contributed by atoms with E-state index >= 15 is 0 Å². The van der Waals surface area contributed by atoms with Gasteiger partial charge in [-0.3, -0.25) is 14.6 Å². The van der Waals surface area contributed by atoms with Crippen molar-refractivity contribution >= 4 is 29.0 Å². The van der Waals surface area contributed by atoms with Crippen LogP contribution < -0.4 is 9.64 Å². The van der Waals surface area contributed by atoms with Gasteiger partial charge >= 0.3 is 0 Å². The first-order chi connectivity index (χ1) is 16.4. The van der Waals surface area contributed by atoms with Crippen molar-refractivity contribution in [2.45, 2.75) is 42.1 Å². The Morgan fingerprint density at radius 1 is 1.00 bits per heavy atom. The number of carbonyl (C=O) groups excluding carboxylic acids is 1. The van der Waals surface area contributed by atoms with Crippen LogP contribution in [0.25, 0.3) is 0 Å². The molecule has 0 spiro atoms. The molecular formula is C28H30N2O3S. The Morgan fingerprint density at radius 2 is 1.68 bits per heavy atom. The molecule has 2 aliphatic heterocycles. The molecule has 176 valence electrons. The fraction of sp³-hybridized carbons (Fsp3) is 0.321. The number of hydrogen-bond acceptors (Lipinski definition) is 5. The largest absolute Gasteiger partial charge is 0.491 e. The highest BCUT2D eigenvalue weighted by atomic mass is 32.2. The number of aliphatic hydroxyl groups is 1. The third kappa shape index (κ3) is 4.71. The summed E-state index contributed by atoms with van der Waals surface area (Å²) in [4.78, 5) is 19.7. The Kier molecular flexibility index (Phi) is 6.38. The lowest BCUT2D eigenvalue weighted by atomic mass is 9.93. The fourth-order valence-electron chi connectivity index (χ4n) is 4.72. The minimum Gasteiger partial charge on any atom is -0.491 e. The van der Waals surface area contributed by atoms with Gasteiger partial charge in [0.25, 0.3) is 0 Å². The molecule has 0 saturated carbocycles. The number of likely N-dealkylation sites (tertiary alicyclic amines) is 1. The lowest BCUT2D eigenvalue weighted by Gasteiger charge is -2.40. The van der Waals surface area contributed by atoms with Gasteiger partial charge in [0.2, 0.25) is 5.91 Å². The third-order valence-corrected chi connectivity index (χ3v) is 7.79. The van der Waals surface area contributed by atoms with Gasteiger partial charge in [-0.1, -0.05) is 42.1 Å². The normalized spacial score (nSPS) is 19.9. The summed E-state index contributed by atoms with van der Waals surface area (Å²) in [5.74, 6) is 0.781. The lowest BCUT2D eigenvalue weighted by molar-refractivity contribution is -0.121. The number of anilines is 2. The topological polar surface area (TPSA) is 53.0 Å². The quantitative estimate of drug-likeness (QED) is 0.541. The number of ether oxygens (including phenoxy) is 1. The molecule has 0 unspecified atom stereocenters. The van der Waals surface area contributed by atoms with Gasteiger partial charge in [-0.25, -0.2) is 0 Å². The number of aryl methyl sites for hydroxylation is 2. The van der Waals surface area contributed by atoms with E-state index in [1.54, 1.807) is 11.8 Å².